The highest BCUT2D eigenvalue weighted by molar-refractivity contribution is 6.32. The predicted molar refractivity (Wildman–Crippen MR) is 74.4 cm³/mol. The van der Waals surface area contributed by atoms with Crippen molar-refractivity contribution >= 4 is 11.6 Å². The third-order valence-electron chi connectivity index (χ3n) is 2.71. The smallest absolute Gasteiger partial charge is 0.137 e. The van der Waals surface area contributed by atoms with Crippen LogP contribution in [0.25, 0.3) is 0 Å². The van der Waals surface area contributed by atoms with Crippen molar-refractivity contribution in [1.82, 2.24) is 10.2 Å². The summed E-state index contributed by atoms with van der Waals surface area (Å²) in [5.74, 6) is 0.644. The van der Waals surface area contributed by atoms with Gasteiger partial charge in [0.2, 0.25) is 0 Å². The fourth-order valence-electron chi connectivity index (χ4n) is 1.65. The Morgan fingerprint density at radius 2 is 2.17 bits per heavy atom. The van der Waals surface area contributed by atoms with Gasteiger partial charge in [-0.3, -0.25) is 0 Å². The number of nitrogens with zero attached hydrogens (tertiary/aromatic N) is 1. The van der Waals surface area contributed by atoms with Crippen LogP contribution in [-0.4, -0.2) is 50.9 Å². The largest absolute Gasteiger partial charge is 0.495 e. The van der Waals surface area contributed by atoms with Gasteiger partial charge >= 0.3 is 0 Å². The van der Waals surface area contributed by atoms with Crippen LogP contribution < -0.4 is 10.1 Å². The summed E-state index contributed by atoms with van der Waals surface area (Å²) in [6.45, 7) is 1.76. The van der Waals surface area contributed by atoms with Crippen LogP contribution >= 0.6 is 11.6 Å². The van der Waals surface area contributed by atoms with Crippen molar-refractivity contribution in [2.24, 2.45) is 0 Å². The van der Waals surface area contributed by atoms with E-state index in [2.05, 4.69) is 10.2 Å². The molecule has 0 amide bonds. The molecule has 0 aliphatic carbocycles. The molecule has 1 aromatic rings. The SMILES string of the molecule is COc1ccc(C(CO)NCCN(C)C)cc1Cl. The number of rotatable bonds is 7. The van der Waals surface area contributed by atoms with Crippen molar-refractivity contribution in [2.45, 2.75) is 6.04 Å². The molecule has 1 aromatic carbocycles. The summed E-state index contributed by atoms with van der Waals surface area (Å²) in [5, 5.41) is 13.3. The van der Waals surface area contributed by atoms with Crippen LogP contribution in [0.15, 0.2) is 18.2 Å². The molecule has 0 saturated heterocycles. The maximum absolute atomic E-state index is 9.41. The number of methoxy groups -OCH3 is 1. The average molecular weight is 273 g/mol. The second-order valence-corrected chi connectivity index (χ2v) is 4.79. The van der Waals surface area contributed by atoms with Crippen LogP contribution in [0, 0.1) is 0 Å². The molecule has 0 spiro atoms. The summed E-state index contributed by atoms with van der Waals surface area (Å²) < 4.78 is 5.10. The van der Waals surface area contributed by atoms with E-state index >= 15 is 0 Å². The molecule has 0 heterocycles. The molecule has 4 nitrogen and oxygen atoms in total. The number of halogens is 1. The molecule has 0 bridgehead atoms. The topological polar surface area (TPSA) is 44.7 Å². The molecule has 18 heavy (non-hydrogen) atoms. The minimum atomic E-state index is -0.103. The molecule has 0 aliphatic rings. The summed E-state index contributed by atoms with van der Waals surface area (Å²) in [6, 6.07) is 5.44. The third-order valence-corrected chi connectivity index (χ3v) is 3.01. The van der Waals surface area contributed by atoms with E-state index in [1.54, 1.807) is 7.11 Å². The Morgan fingerprint density at radius 1 is 1.44 bits per heavy atom. The lowest BCUT2D eigenvalue weighted by atomic mass is 10.1. The Balaban J connectivity index is 2.67. The molecule has 0 fully saturated rings. The number of nitrogens with one attached hydrogen (secondary N) is 1. The number of aliphatic hydroxyl groups excluding tert-OH is 1. The van der Waals surface area contributed by atoms with Gasteiger partial charge in [-0.2, -0.15) is 0 Å². The van der Waals surface area contributed by atoms with E-state index in [0.29, 0.717) is 10.8 Å². The number of benzene rings is 1. The van der Waals surface area contributed by atoms with Crippen LogP contribution in [0.5, 0.6) is 5.75 Å². The van der Waals surface area contributed by atoms with Gasteiger partial charge in [0.25, 0.3) is 0 Å². The standard InChI is InChI=1S/C13H21ClN2O2/c1-16(2)7-6-15-12(9-17)10-4-5-13(18-3)11(14)8-10/h4-5,8,12,15,17H,6-7,9H2,1-3H3. The Bertz CT molecular complexity index is 372. The monoisotopic (exact) mass is 272 g/mol. The number of ether oxygens (including phenoxy) is 1. The first kappa shape index (κ1) is 15.2. The van der Waals surface area contributed by atoms with E-state index in [-0.39, 0.29) is 12.6 Å². The Labute approximate surface area is 114 Å². The Morgan fingerprint density at radius 3 is 2.67 bits per heavy atom. The zero-order chi connectivity index (χ0) is 13.5. The number of hydrogen-bond acceptors (Lipinski definition) is 4. The lowest BCUT2D eigenvalue weighted by Crippen LogP contribution is -2.31. The van der Waals surface area contributed by atoms with Gasteiger partial charge in [0.1, 0.15) is 5.75 Å². The van der Waals surface area contributed by atoms with E-state index in [0.717, 1.165) is 18.7 Å². The van der Waals surface area contributed by atoms with Crippen LogP contribution in [0.4, 0.5) is 0 Å². The molecule has 0 saturated carbocycles. The number of likely N-dealkylation sites (N-methyl/N-ethyl adjacent to an activating group) is 1. The quantitative estimate of drug-likeness (QED) is 0.790. The fraction of sp³-hybridized carbons (Fsp3) is 0.538. The second-order valence-electron chi connectivity index (χ2n) is 4.39. The first-order valence-electron chi connectivity index (χ1n) is 5.91. The van der Waals surface area contributed by atoms with Crippen LogP contribution in [0.1, 0.15) is 11.6 Å². The maximum Gasteiger partial charge on any atom is 0.137 e. The van der Waals surface area contributed by atoms with E-state index in [9.17, 15) is 5.11 Å². The Kier molecular flexibility index (Phi) is 6.43. The fourth-order valence-corrected chi connectivity index (χ4v) is 1.92. The molecule has 0 radical (unpaired) electrons. The molecule has 1 unspecified atom stereocenters. The lowest BCUT2D eigenvalue weighted by molar-refractivity contribution is 0.240. The molecule has 5 heteroatoms. The highest BCUT2D eigenvalue weighted by Crippen LogP contribution is 2.27. The number of hydrogen-bond donors (Lipinski definition) is 2. The molecular weight excluding hydrogens is 252 g/mol. The van der Waals surface area contributed by atoms with Gasteiger partial charge in [0.15, 0.2) is 0 Å². The number of aliphatic hydroxyl groups is 1. The van der Waals surface area contributed by atoms with Crippen LogP contribution in [0.3, 0.4) is 0 Å². The Hall–Kier alpha value is -0.810. The van der Waals surface area contributed by atoms with Gasteiger partial charge in [-0.15, -0.1) is 0 Å². The summed E-state index contributed by atoms with van der Waals surface area (Å²) in [7, 11) is 5.61. The molecular formula is C13H21ClN2O2. The van der Waals surface area contributed by atoms with Gasteiger partial charge in [0.05, 0.1) is 24.8 Å². The first-order chi connectivity index (χ1) is 8.58. The average Bonchev–Trinajstić information content (AvgIpc) is 2.34. The molecule has 1 rings (SSSR count). The van der Waals surface area contributed by atoms with Gasteiger partial charge in [-0.1, -0.05) is 17.7 Å². The van der Waals surface area contributed by atoms with Crippen molar-refractivity contribution in [1.29, 1.82) is 0 Å². The zero-order valence-electron chi connectivity index (χ0n) is 11.1. The van der Waals surface area contributed by atoms with Gasteiger partial charge < -0.3 is 20.1 Å². The van der Waals surface area contributed by atoms with Gasteiger partial charge in [-0.05, 0) is 31.8 Å². The highest BCUT2D eigenvalue weighted by atomic mass is 35.5. The second kappa shape index (κ2) is 7.59. The lowest BCUT2D eigenvalue weighted by Gasteiger charge is -2.19. The van der Waals surface area contributed by atoms with E-state index in [1.165, 1.54) is 0 Å². The van der Waals surface area contributed by atoms with E-state index < -0.39 is 0 Å². The first-order valence-corrected chi connectivity index (χ1v) is 6.28. The summed E-state index contributed by atoms with van der Waals surface area (Å²) in [5.41, 5.74) is 0.960. The van der Waals surface area contributed by atoms with Crippen molar-refractivity contribution in [2.75, 3.05) is 40.9 Å². The molecule has 102 valence electrons. The van der Waals surface area contributed by atoms with Gasteiger partial charge in [-0.25, -0.2) is 0 Å². The van der Waals surface area contributed by atoms with Crippen molar-refractivity contribution in [3.05, 3.63) is 28.8 Å². The summed E-state index contributed by atoms with van der Waals surface area (Å²) in [6.07, 6.45) is 0. The van der Waals surface area contributed by atoms with Gasteiger partial charge in [0, 0.05) is 13.1 Å². The predicted octanol–water partition coefficient (Wildman–Crippen LogP) is 1.53. The van der Waals surface area contributed by atoms with E-state index in [1.807, 2.05) is 32.3 Å². The van der Waals surface area contributed by atoms with Crippen molar-refractivity contribution in [3.8, 4) is 5.75 Å². The minimum Gasteiger partial charge on any atom is -0.495 e. The van der Waals surface area contributed by atoms with Crippen molar-refractivity contribution in [3.63, 3.8) is 0 Å². The molecule has 0 aromatic heterocycles. The van der Waals surface area contributed by atoms with E-state index in [4.69, 9.17) is 16.3 Å². The zero-order valence-corrected chi connectivity index (χ0v) is 11.9. The minimum absolute atomic E-state index is 0.0378. The third kappa shape index (κ3) is 4.46. The van der Waals surface area contributed by atoms with Crippen LogP contribution in [-0.2, 0) is 0 Å². The summed E-state index contributed by atoms with van der Waals surface area (Å²) >= 11 is 6.07. The van der Waals surface area contributed by atoms with Crippen molar-refractivity contribution < 1.29 is 9.84 Å². The van der Waals surface area contributed by atoms with Crippen LogP contribution in [0.2, 0.25) is 5.02 Å². The highest BCUT2D eigenvalue weighted by Gasteiger charge is 2.11. The maximum atomic E-state index is 9.41. The molecule has 0 aliphatic heterocycles. The summed E-state index contributed by atoms with van der Waals surface area (Å²) in [4.78, 5) is 2.09. The normalized spacial score (nSPS) is 12.8. The molecule has 1 atom stereocenters. The molecule has 2 N–H and O–H groups in total.